The maximum atomic E-state index is 13.5. The normalized spacial score (nSPS) is 14.0. The average Bonchev–Trinajstić information content (AvgIpc) is 3.60. The van der Waals surface area contributed by atoms with Crippen molar-refractivity contribution >= 4 is 34.4 Å². The van der Waals surface area contributed by atoms with Gasteiger partial charge in [0.15, 0.2) is 0 Å². The van der Waals surface area contributed by atoms with Gasteiger partial charge >= 0.3 is 6.01 Å². The van der Waals surface area contributed by atoms with Crippen LogP contribution in [0.2, 0.25) is 5.02 Å². The number of aliphatic hydroxyl groups is 1. The topological polar surface area (TPSA) is 157 Å². The van der Waals surface area contributed by atoms with Crippen molar-refractivity contribution in [2.45, 2.75) is 25.6 Å². The van der Waals surface area contributed by atoms with Crippen molar-refractivity contribution in [3.05, 3.63) is 88.8 Å². The first kappa shape index (κ1) is 28.0. The van der Waals surface area contributed by atoms with Crippen LogP contribution in [0.3, 0.4) is 0 Å². The zero-order valence-electron chi connectivity index (χ0n) is 23.0. The van der Waals surface area contributed by atoms with Gasteiger partial charge in [-0.3, -0.25) is 14.6 Å². The van der Waals surface area contributed by atoms with E-state index in [1.807, 2.05) is 12.1 Å². The Morgan fingerprint density at radius 2 is 1.98 bits per heavy atom. The number of fused-ring (bicyclic) bond motifs is 2. The van der Waals surface area contributed by atoms with Crippen molar-refractivity contribution in [2.75, 3.05) is 13.7 Å². The summed E-state index contributed by atoms with van der Waals surface area (Å²) in [5.74, 6) is -0.200. The van der Waals surface area contributed by atoms with Crippen molar-refractivity contribution in [3.8, 4) is 23.0 Å². The van der Waals surface area contributed by atoms with Gasteiger partial charge in [-0.05, 0) is 48.0 Å². The lowest BCUT2D eigenvalue weighted by Crippen LogP contribution is -2.46. The third-order valence-electron chi connectivity index (χ3n) is 7.11. The number of para-hydroxylation sites is 1. The molecule has 14 heteroatoms. The SMILES string of the molecule is COc1cccc([C@@H](CO)NC(=O)C(C)N2Cc3ncc(-c4nc(On5nnc6ccccc65)ncc4Cl)cc3C2=O)c1. The summed E-state index contributed by atoms with van der Waals surface area (Å²) < 4.78 is 5.24. The minimum atomic E-state index is -0.843. The molecule has 1 aliphatic heterocycles. The molecule has 2 atom stereocenters. The number of ether oxygens (including phenoxy) is 1. The Morgan fingerprint density at radius 1 is 1.14 bits per heavy atom. The van der Waals surface area contributed by atoms with Crippen molar-refractivity contribution in [1.29, 1.82) is 0 Å². The van der Waals surface area contributed by atoms with Crippen LogP contribution in [-0.4, -0.2) is 71.7 Å². The largest absolute Gasteiger partial charge is 0.497 e. The number of halogens is 1. The molecule has 2 amide bonds. The molecule has 13 nitrogen and oxygen atoms in total. The highest BCUT2D eigenvalue weighted by atomic mass is 35.5. The molecule has 0 bridgehead atoms. The number of nitrogens with one attached hydrogen (secondary N) is 1. The zero-order valence-corrected chi connectivity index (χ0v) is 23.8. The van der Waals surface area contributed by atoms with Gasteiger partial charge in [0.25, 0.3) is 5.91 Å². The van der Waals surface area contributed by atoms with Gasteiger partial charge in [-0.1, -0.05) is 40.7 Å². The van der Waals surface area contributed by atoms with Gasteiger partial charge in [0.2, 0.25) is 5.91 Å². The molecule has 0 saturated heterocycles. The molecular weight excluding hydrogens is 576 g/mol. The van der Waals surface area contributed by atoms with E-state index < -0.39 is 18.0 Å². The summed E-state index contributed by atoms with van der Waals surface area (Å²) in [6, 6.07) is 14.4. The van der Waals surface area contributed by atoms with E-state index >= 15 is 0 Å². The minimum Gasteiger partial charge on any atom is -0.497 e. The smallest absolute Gasteiger partial charge is 0.346 e. The van der Waals surface area contributed by atoms with Gasteiger partial charge in [-0.15, -0.1) is 5.10 Å². The molecule has 6 rings (SSSR count). The number of rotatable bonds is 9. The van der Waals surface area contributed by atoms with E-state index in [2.05, 4.69) is 30.6 Å². The minimum absolute atomic E-state index is 0.0386. The summed E-state index contributed by atoms with van der Waals surface area (Å²) in [6.07, 6.45) is 2.93. The number of methoxy groups -OCH3 is 1. The van der Waals surface area contributed by atoms with E-state index in [0.717, 1.165) is 0 Å². The lowest BCUT2D eigenvalue weighted by Gasteiger charge is -2.26. The Hall–Kier alpha value is -5.14. The van der Waals surface area contributed by atoms with Crippen LogP contribution in [-0.2, 0) is 11.3 Å². The standard InChI is InChI=1S/C29H25ClN8O5/c1-16(27(40)33-24(15-39)17-6-5-7-19(10-17)42-2)37-14-23-20(28(37)41)11-18(12-31-23)26-21(30)13-32-29(34-26)43-38-25-9-4-3-8-22(25)35-36-38/h3-13,16,24,39H,14-15H2,1-2H3,(H,33,40)/t16?,24-/m1/s1. The molecule has 2 aromatic carbocycles. The van der Waals surface area contributed by atoms with Crippen LogP contribution in [0.1, 0.15) is 34.6 Å². The molecule has 0 saturated carbocycles. The highest BCUT2D eigenvalue weighted by Gasteiger charge is 2.36. The van der Waals surface area contributed by atoms with Gasteiger partial charge in [0, 0.05) is 11.8 Å². The second-order valence-corrected chi connectivity index (χ2v) is 10.1. The Balaban J connectivity index is 1.20. The third-order valence-corrected chi connectivity index (χ3v) is 7.39. The van der Waals surface area contributed by atoms with Crippen molar-refractivity contribution in [3.63, 3.8) is 0 Å². The zero-order chi connectivity index (χ0) is 30.1. The Bertz CT molecular complexity index is 1850. The van der Waals surface area contributed by atoms with E-state index in [0.29, 0.717) is 44.9 Å². The maximum absolute atomic E-state index is 13.5. The number of pyridine rings is 1. The van der Waals surface area contributed by atoms with E-state index in [4.69, 9.17) is 21.2 Å². The van der Waals surface area contributed by atoms with Crippen molar-refractivity contribution < 1.29 is 24.3 Å². The number of aromatic nitrogens is 6. The van der Waals surface area contributed by atoms with Crippen LogP contribution in [0, 0.1) is 0 Å². The molecule has 0 fully saturated rings. The molecule has 4 heterocycles. The maximum Gasteiger partial charge on any atom is 0.346 e. The second-order valence-electron chi connectivity index (χ2n) is 9.74. The van der Waals surface area contributed by atoms with Crippen LogP contribution >= 0.6 is 11.6 Å². The number of carbonyl (C=O) groups is 2. The Labute approximate surface area is 250 Å². The molecule has 3 aromatic heterocycles. The quantitative estimate of drug-likeness (QED) is 0.258. The number of hydrogen-bond donors (Lipinski definition) is 2. The Kier molecular flexibility index (Phi) is 7.57. The highest BCUT2D eigenvalue weighted by molar-refractivity contribution is 6.32. The fourth-order valence-electron chi connectivity index (χ4n) is 4.75. The van der Waals surface area contributed by atoms with Crippen LogP contribution in [0.5, 0.6) is 11.8 Å². The molecular formula is C29H25ClN8O5. The third kappa shape index (κ3) is 5.43. The number of aliphatic hydroxyl groups excluding tert-OH is 1. The van der Waals surface area contributed by atoms with Crippen molar-refractivity contribution in [1.82, 2.24) is 40.3 Å². The summed E-state index contributed by atoms with van der Waals surface area (Å²) in [5, 5.41) is 21.0. The van der Waals surface area contributed by atoms with Crippen LogP contribution in [0.15, 0.2) is 67.0 Å². The monoisotopic (exact) mass is 600 g/mol. The average molecular weight is 601 g/mol. The number of benzene rings is 2. The van der Waals surface area contributed by atoms with E-state index in [1.54, 1.807) is 55.6 Å². The first-order valence-electron chi connectivity index (χ1n) is 13.2. The summed E-state index contributed by atoms with van der Waals surface area (Å²) >= 11 is 6.43. The van der Waals surface area contributed by atoms with Gasteiger partial charge in [-0.25, -0.2) is 4.98 Å². The predicted octanol–water partition coefficient (Wildman–Crippen LogP) is 2.98. The van der Waals surface area contributed by atoms with Gasteiger partial charge in [0.05, 0.1) is 54.5 Å². The molecule has 5 aromatic rings. The van der Waals surface area contributed by atoms with Gasteiger partial charge in [0.1, 0.15) is 22.8 Å². The summed E-state index contributed by atoms with van der Waals surface area (Å²) in [6.45, 7) is 1.43. The van der Waals surface area contributed by atoms with Crippen molar-refractivity contribution in [2.24, 2.45) is 0 Å². The lowest BCUT2D eigenvalue weighted by molar-refractivity contribution is -0.126. The molecule has 1 unspecified atom stereocenters. The van der Waals surface area contributed by atoms with Crippen LogP contribution in [0.25, 0.3) is 22.3 Å². The van der Waals surface area contributed by atoms with E-state index in [-0.39, 0.29) is 30.1 Å². The number of hydrogen-bond acceptors (Lipinski definition) is 10. The molecule has 218 valence electrons. The fraction of sp³-hybridized carbons (Fsp3) is 0.207. The summed E-state index contributed by atoms with van der Waals surface area (Å²) in [4.78, 5) is 48.0. The highest BCUT2D eigenvalue weighted by Crippen LogP contribution is 2.31. The predicted molar refractivity (Wildman–Crippen MR) is 154 cm³/mol. The molecule has 2 N–H and O–H groups in total. The fourth-order valence-corrected chi connectivity index (χ4v) is 4.95. The molecule has 0 spiro atoms. The van der Waals surface area contributed by atoms with E-state index in [1.165, 1.54) is 23.1 Å². The molecule has 0 radical (unpaired) electrons. The summed E-state index contributed by atoms with van der Waals surface area (Å²) in [7, 11) is 1.54. The first-order valence-corrected chi connectivity index (χ1v) is 13.6. The van der Waals surface area contributed by atoms with Gasteiger partial charge < -0.3 is 24.9 Å². The number of amides is 2. The molecule has 1 aliphatic rings. The Morgan fingerprint density at radius 3 is 2.79 bits per heavy atom. The number of nitrogens with zero attached hydrogens (tertiary/aromatic N) is 7. The van der Waals surface area contributed by atoms with Crippen LogP contribution < -0.4 is 14.9 Å². The summed E-state index contributed by atoms with van der Waals surface area (Å²) in [5.41, 5.74) is 3.53. The first-order chi connectivity index (χ1) is 20.9. The molecule has 43 heavy (non-hydrogen) atoms. The van der Waals surface area contributed by atoms with Crippen LogP contribution in [0.4, 0.5) is 0 Å². The second kappa shape index (κ2) is 11.6. The lowest BCUT2D eigenvalue weighted by atomic mass is 10.1. The number of carbonyl (C=O) groups excluding carboxylic acids is 2. The molecule has 0 aliphatic carbocycles. The van der Waals surface area contributed by atoms with Gasteiger partial charge in [-0.2, -0.15) is 4.98 Å². The van der Waals surface area contributed by atoms with E-state index in [9.17, 15) is 14.7 Å².